The van der Waals surface area contributed by atoms with Crippen LogP contribution in [0.4, 0.5) is 0 Å². The molecule has 120 valence electrons. The molecular formula is C14H23NO5S. The van der Waals surface area contributed by atoms with E-state index in [-0.39, 0.29) is 18.0 Å². The van der Waals surface area contributed by atoms with E-state index in [1.165, 1.54) is 24.6 Å². The summed E-state index contributed by atoms with van der Waals surface area (Å²) in [5, 5.41) is 9.07. The van der Waals surface area contributed by atoms with Gasteiger partial charge in [0.15, 0.2) is 11.5 Å². The lowest BCUT2D eigenvalue weighted by Gasteiger charge is -2.22. The Morgan fingerprint density at radius 3 is 2.19 bits per heavy atom. The zero-order valence-electron chi connectivity index (χ0n) is 12.9. The van der Waals surface area contributed by atoms with Crippen molar-refractivity contribution in [3.05, 3.63) is 17.7 Å². The van der Waals surface area contributed by atoms with Gasteiger partial charge in [0, 0.05) is 19.2 Å². The molecule has 0 heterocycles. The molecule has 0 radical (unpaired) electrons. The summed E-state index contributed by atoms with van der Waals surface area (Å²) in [7, 11) is -0.716. The number of aliphatic hydroxyl groups excluding tert-OH is 1. The lowest BCUT2D eigenvalue weighted by Crippen LogP contribution is -2.34. The van der Waals surface area contributed by atoms with Crippen LogP contribution in [-0.4, -0.2) is 51.7 Å². The Morgan fingerprint density at radius 2 is 1.71 bits per heavy atom. The van der Waals surface area contributed by atoms with Crippen LogP contribution in [0.2, 0.25) is 0 Å². The number of aliphatic hydroxyl groups is 1. The van der Waals surface area contributed by atoms with Gasteiger partial charge in [-0.15, -0.1) is 0 Å². The highest BCUT2D eigenvalue weighted by Crippen LogP contribution is 2.33. The molecule has 0 amide bonds. The lowest BCUT2D eigenvalue weighted by molar-refractivity contribution is 0.253. The SMILES string of the molecule is CCCN(CCO)S(=O)(=O)c1cc(OC)c(OC)cc1C. The molecule has 1 aromatic carbocycles. The smallest absolute Gasteiger partial charge is 0.243 e. The van der Waals surface area contributed by atoms with Crippen molar-refractivity contribution >= 4 is 10.0 Å². The molecule has 1 N–H and O–H groups in total. The number of ether oxygens (including phenoxy) is 2. The second kappa shape index (κ2) is 7.63. The van der Waals surface area contributed by atoms with E-state index in [1.54, 1.807) is 13.0 Å². The third kappa shape index (κ3) is 3.87. The first kappa shape index (κ1) is 17.7. The van der Waals surface area contributed by atoms with Gasteiger partial charge in [-0.1, -0.05) is 6.92 Å². The first-order valence-corrected chi connectivity index (χ1v) is 8.20. The molecule has 6 nitrogen and oxygen atoms in total. The maximum Gasteiger partial charge on any atom is 0.243 e. The highest BCUT2D eigenvalue weighted by Gasteiger charge is 2.26. The van der Waals surface area contributed by atoms with Gasteiger partial charge in [0.1, 0.15) is 0 Å². The van der Waals surface area contributed by atoms with Gasteiger partial charge in [-0.05, 0) is 25.0 Å². The zero-order valence-corrected chi connectivity index (χ0v) is 13.7. The summed E-state index contributed by atoms with van der Waals surface area (Å²) in [5.41, 5.74) is 0.576. The van der Waals surface area contributed by atoms with E-state index in [2.05, 4.69) is 0 Å². The first-order chi connectivity index (χ1) is 9.92. The quantitative estimate of drug-likeness (QED) is 0.784. The minimum absolute atomic E-state index is 0.0734. The van der Waals surface area contributed by atoms with Gasteiger partial charge in [0.2, 0.25) is 10.0 Å². The second-order valence-corrected chi connectivity index (χ2v) is 6.51. The van der Waals surface area contributed by atoms with Crippen LogP contribution in [-0.2, 0) is 10.0 Å². The molecule has 1 rings (SSSR count). The fourth-order valence-electron chi connectivity index (χ4n) is 2.09. The predicted molar refractivity (Wildman–Crippen MR) is 80.4 cm³/mol. The molecule has 7 heteroatoms. The summed E-state index contributed by atoms with van der Waals surface area (Å²) >= 11 is 0. The van der Waals surface area contributed by atoms with E-state index in [4.69, 9.17) is 14.6 Å². The van der Waals surface area contributed by atoms with E-state index >= 15 is 0 Å². The largest absolute Gasteiger partial charge is 0.493 e. The zero-order chi connectivity index (χ0) is 16.0. The molecule has 0 saturated carbocycles. The Hall–Kier alpha value is -1.31. The van der Waals surface area contributed by atoms with Crippen LogP contribution < -0.4 is 9.47 Å². The maximum atomic E-state index is 12.7. The number of hydrogen-bond acceptors (Lipinski definition) is 5. The number of rotatable bonds is 8. The van der Waals surface area contributed by atoms with Crippen LogP contribution in [0, 0.1) is 6.92 Å². The van der Waals surface area contributed by atoms with Gasteiger partial charge in [-0.3, -0.25) is 0 Å². The third-order valence-corrected chi connectivity index (χ3v) is 5.16. The monoisotopic (exact) mass is 317 g/mol. The van der Waals surface area contributed by atoms with Gasteiger partial charge in [0.25, 0.3) is 0 Å². The summed E-state index contributed by atoms with van der Waals surface area (Å²) in [5.74, 6) is 0.847. The molecule has 0 bridgehead atoms. The topological polar surface area (TPSA) is 76.1 Å². The Kier molecular flexibility index (Phi) is 6.44. The minimum atomic E-state index is -3.68. The maximum absolute atomic E-state index is 12.7. The Labute approximate surface area is 126 Å². The number of sulfonamides is 1. The third-order valence-electron chi connectivity index (χ3n) is 3.12. The van der Waals surface area contributed by atoms with E-state index in [9.17, 15) is 8.42 Å². The molecular weight excluding hydrogens is 294 g/mol. The Bertz CT molecular complexity index is 565. The molecule has 21 heavy (non-hydrogen) atoms. The van der Waals surface area contributed by atoms with E-state index in [0.717, 1.165) is 0 Å². The summed E-state index contributed by atoms with van der Waals surface area (Å²) in [6, 6.07) is 3.10. The van der Waals surface area contributed by atoms with Crippen molar-refractivity contribution < 1.29 is 23.0 Å². The minimum Gasteiger partial charge on any atom is -0.493 e. The van der Waals surface area contributed by atoms with Gasteiger partial charge in [-0.25, -0.2) is 8.42 Å². The normalized spacial score (nSPS) is 11.7. The van der Waals surface area contributed by atoms with Gasteiger partial charge >= 0.3 is 0 Å². The van der Waals surface area contributed by atoms with Crippen LogP contribution >= 0.6 is 0 Å². The fourth-order valence-corrected chi connectivity index (χ4v) is 3.84. The van der Waals surface area contributed by atoms with E-state index in [0.29, 0.717) is 30.0 Å². The fraction of sp³-hybridized carbons (Fsp3) is 0.571. The molecule has 0 unspecified atom stereocenters. The molecule has 0 aromatic heterocycles. The van der Waals surface area contributed by atoms with Crippen LogP contribution in [0.1, 0.15) is 18.9 Å². The summed E-state index contributed by atoms with van der Waals surface area (Å²) in [6.45, 7) is 3.81. The van der Waals surface area contributed by atoms with Crippen molar-refractivity contribution in [3.63, 3.8) is 0 Å². The van der Waals surface area contributed by atoms with Gasteiger partial charge in [-0.2, -0.15) is 4.31 Å². The Balaban J connectivity index is 3.35. The lowest BCUT2D eigenvalue weighted by atomic mass is 10.2. The van der Waals surface area contributed by atoms with Crippen LogP contribution in [0.25, 0.3) is 0 Å². The number of nitrogens with zero attached hydrogens (tertiary/aromatic N) is 1. The van der Waals surface area contributed by atoms with Crippen LogP contribution in [0.3, 0.4) is 0 Å². The summed E-state index contributed by atoms with van der Waals surface area (Å²) < 4.78 is 37.1. The molecule has 1 aromatic rings. The highest BCUT2D eigenvalue weighted by atomic mass is 32.2. The average Bonchev–Trinajstić information content (AvgIpc) is 2.46. The predicted octanol–water partition coefficient (Wildman–Crippen LogP) is 1.41. The molecule has 0 aliphatic carbocycles. The van der Waals surface area contributed by atoms with Crippen molar-refractivity contribution in [1.82, 2.24) is 4.31 Å². The second-order valence-electron chi connectivity index (χ2n) is 4.60. The van der Waals surface area contributed by atoms with Crippen molar-refractivity contribution in [2.24, 2.45) is 0 Å². The molecule has 0 aliphatic rings. The van der Waals surface area contributed by atoms with Crippen molar-refractivity contribution in [3.8, 4) is 11.5 Å². The van der Waals surface area contributed by atoms with Crippen LogP contribution in [0.15, 0.2) is 17.0 Å². The molecule has 0 aliphatic heterocycles. The number of benzene rings is 1. The number of aryl methyl sites for hydroxylation is 1. The van der Waals surface area contributed by atoms with Gasteiger partial charge < -0.3 is 14.6 Å². The summed E-state index contributed by atoms with van der Waals surface area (Å²) in [4.78, 5) is 0.169. The molecule has 0 fully saturated rings. The summed E-state index contributed by atoms with van der Waals surface area (Å²) in [6.07, 6.45) is 0.672. The van der Waals surface area contributed by atoms with Crippen molar-refractivity contribution in [2.75, 3.05) is 33.9 Å². The van der Waals surface area contributed by atoms with E-state index < -0.39 is 10.0 Å². The first-order valence-electron chi connectivity index (χ1n) is 6.76. The van der Waals surface area contributed by atoms with E-state index in [1.807, 2.05) is 6.92 Å². The average molecular weight is 317 g/mol. The van der Waals surface area contributed by atoms with Crippen molar-refractivity contribution in [2.45, 2.75) is 25.2 Å². The standard InChI is InChI=1S/C14H23NO5S/c1-5-6-15(7-8-16)21(17,18)14-10-13(20-4)12(19-3)9-11(14)2/h9-10,16H,5-8H2,1-4H3. The van der Waals surface area contributed by atoms with Crippen LogP contribution in [0.5, 0.6) is 11.5 Å². The number of methoxy groups -OCH3 is 2. The molecule has 0 spiro atoms. The highest BCUT2D eigenvalue weighted by molar-refractivity contribution is 7.89. The Morgan fingerprint density at radius 1 is 1.14 bits per heavy atom. The molecule has 0 saturated heterocycles. The molecule has 0 atom stereocenters. The van der Waals surface area contributed by atoms with Gasteiger partial charge in [0.05, 0.1) is 25.7 Å². The number of hydrogen-bond donors (Lipinski definition) is 1. The van der Waals surface area contributed by atoms with Crippen molar-refractivity contribution in [1.29, 1.82) is 0 Å².